The molecule has 0 aliphatic heterocycles. The van der Waals surface area contributed by atoms with Crippen molar-refractivity contribution in [1.82, 2.24) is 15.0 Å². The molecule has 0 spiro atoms. The van der Waals surface area contributed by atoms with Crippen LogP contribution in [0.25, 0.3) is 11.0 Å². The summed E-state index contributed by atoms with van der Waals surface area (Å²) in [4.78, 5) is 10.4. The van der Waals surface area contributed by atoms with Gasteiger partial charge in [-0.25, -0.2) is 9.97 Å². The third-order valence-corrected chi connectivity index (χ3v) is 4.65. The topological polar surface area (TPSA) is 53.6 Å². The highest BCUT2D eigenvalue weighted by atomic mass is 19.4. The van der Waals surface area contributed by atoms with Crippen LogP contribution in [0.4, 0.5) is 19.0 Å². The maximum Gasteiger partial charge on any atom is 0.431 e. The highest BCUT2D eigenvalue weighted by Crippen LogP contribution is 2.36. The number of hydrogen-bond donors (Lipinski definition) is 2. The van der Waals surface area contributed by atoms with E-state index in [0.29, 0.717) is 11.2 Å². The number of aromatic amines is 1. The molecule has 4 nitrogen and oxygen atoms in total. The number of nitrogens with one attached hydrogen (secondary N) is 2. The molecule has 3 aromatic rings. The zero-order chi connectivity index (χ0) is 17.6. The molecular weight excluding hydrogens is 329 g/mol. The van der Waals surface area contributed by atoms with Crippen LogP contribution < -0.4 is 5.32 Å². The molecule has 1 aliphatic carbocycles. The quantitative estimate of drug-likeness (QED) is 0.702. The van der Waals surface area contributed by atoms with Gasteiger partial charge in [-0.3, -0.25) is 0 Å². The molecule has 0 fully saturated rings. The van der Waals surface area contributed by atoms with Crippen molar-refractivity contribution in [2.75, 3.05) is 5.32 Å². The highest BCUT2D eigenvalue weighted by Gasteiger charge is 2.33. The van der Waals surface area contributed by atoms with Crippen LogP contribution >= 0.6 is 0 Å². The molecule has 0 radical (unpaired) electrons. The van der Waals surface area contributed by atoms with Crippen molar-refractivity contribution < 1.29 is 13.2 Å². The first-order valence-electron chi connectivity index (χ1n) is 8.19. The summed E-state index contributed by atoms with van der Waals surface area (Å²) >= 11 is 0. The lowest BCUT2D eigenvalue weighted by Gasteiger charge is -2.27. The lowest BCUT2D eigenvalue weighted by Crippen LogP contribution is -2.18. The van der Waals surface area contributed by atoms with Gasteiger partial charge in [-0.1, -0.05) is 23.8 Å². The number of nitrogens with zero attached hydrogens (tertiary/aromatic N) is 2. The van der Waals surface area contributed by atoms with E-state index in [2.05, 4.69) is 45.4 Å². The lowest BCUT2D eigenvalue weighted by molar-refractivity contribution is -0.140. The molecule has 130 valence electrons. The minimum atomic E-state index is -4.44. The molecule has 1 aromatic carbocycles. The van der Waals surface area contributed by atoms with Crippen molar-refractivity contribution in [2.24, 2.45) is 0 Å². The number of benzene rings is 1. The van der Waals surface area contributed by atoms with Crippen molar-refractivity contribution in [2.45, 2.75) is 38.4 Å². The Morgan fingerprint density at radius 2 is 2.04 bits per heavy atom. The van der Waals surface area contributed by atoms with E-state index >= 15 is 0 Å². The molecule has 25 heavy (non-hydrogen) atoms. The molecule has 2 heterocycles. The standard InChI is InChI=1S/C18H17F3N4/c1-10-5-6-12-11(7-10)3-2-4-14(12)24-16-13-8-15(18(19,20)21)25-17(13)23-9-22-16/h5-9,14H,2-4H2,1H3,(H2,22,23,24,25). The number of H-pyrrole nitrogens is 1. The number of aromatic nitrogens is 3. The Bertz CT molecular complexity index is 930. The highest BCUT2D eigenvalue weighted by molar-refractivity contribution is 5.88. The van der Waals surface area contributed by atoms with Gasteiger partial charge in [0, 0.05) is 0 Å². The van der Waals surface area contributed by atoms with Crippen LogP contribution in [0.5, 0.6) is 0 Å². The van der Waals surface area contributed by atoms with E-state index in [0.717, 1.165) is 25.3 Å². The summed E-state index contributed by atoms with van der Waals surface area (Å²) in [5, 5.41) is 3.68. The fourth-order valence-corrected chi connectivity index (χ4v) is 3.47. The number of anilines is 1. The maximum atomic E-state index is 13.0. The number of hydrogen-bond acceptors (Lipinski definition) is 3. The van der Waals surface area contributed by atoms with Crippen LogP contribution in [-0.2, 0) is 12.6 Å². The van der Waals surface area contributed by atoms with Crippen LogP contribution in [0.1, 0.15) is 41.3 Å². The maximum absolute atomic E-state index is 13.0. The predicted molar refractivity (Wildman–Crippen MR) is 89.4 cm³/mol. The molecule has 7 heteroatoms. The zero-order valence-corrected chi connectivity index (χ0v) is 13.6. The number of alkyl halides is 3. The van der Waals surface area contributed by atoms with Gasteiger partial charge in [0.05, 0.1) is 11.4 Å². The zero-order valence-electron chi connectivity index (χ0n) is 13.6. The summed E-state index contributed by atoms with van der Waals surface area (Å²) < 4.78 is 38.9. The first-order valence-corrected chi connectivity index (χ1v) is 8.19. The molecule has 0 amide bonds. The summed E-state index contributed by atoms with van der Waals surface area (Å²) in [6.45, 7) is 2.06. The van der Waals surface area contributed by atoms with Gasteiger partial charge in [-0.15, -0.1) is 0 Å². The number of aryl methyl sites for hydroxylation is 2. The molecule has 0 saturated heterocycles. The second-order valence-corrected chi connectivity index (χ2v) is 6.46. The minimum absolute atomic E-state index is 0.0340. The first-order chi connectivity index (χ1) is 11.9. The summed E-state index contributed by atoms with van der Waals surface area (Å²) in [5.41, 5.74) is 3.06. The first kappa shape index (κ1) is 15.9. The second-order valence-electron chi connectivity index (χ2n) is 6.46. The molecule has 0 bridgehead atoms. The van der Waals surface area contributed by atoms with Crippen LogP contribution in [0, 0.1) is 6.92 Å². The van der Waals surface area contributed by atoms with E-state index in [4.69, 9.17) is 0 Å². The molecule has 2 aromatic heterocycles. The van der Waals surface area contributed by atoms with Crippen LogP contribution in [0.3, 0.4) is 0 Å². The van der Waals surface area contributed by atoms with Crippen molar-refractivity contribution in [3.05, 3.63) is 53.0 Å². The van der Waals surface area contributed by atoms with Crippen LogP contribution in [0.15, 0.2) is 30.6 Å². The van der Waals surface area contributed by atoms with Gasteiger partial charge in [-0.2, -0.15) is 13.2 Å². The van der Waals surface area contributed by atoms with E-state index < -0.39 is 11.9 Å². The van der Waals surface area contributed by atoms with Gasteiger partial charge in [0.1, 0.15) is 23.5 Å². The van der Waals surface area contributed by atoms with Crippen molar-refractivity contribution in [3.8, 4) is 0 Å². The van der Waals surface area contributed by atoms with Crippen molar-refractivity contribution in [3.63, 3.8) is 0 Å². The number of fused-ring (bicyclic) bond motifs is 2. The van der Waals surface area contributed by atoms with Crippen molar-refractivity contribution in [1.29, 1.82) is 0 Å². The summed E-state index contributed by atoms with van der Waals surface area (Å²) in [6.07, 6.45) is -0.189. The monoisotopic (exact) mass is 346 g/mol. The Labute approximate surface area is 142 Å². The Morgan fingerprint density at radius 3 is 2.84 bits per heavy atom. The Balaban J connectivity index is 1.71. The largest absolute Gasteiger partial charge is 0.431 e. The Kier molecular flexibility index (Phi) is 3.67. The third-order valence-electron chi connectivity index (χ3n) is 4.65. The lowest BCUT2D eigenvalue weighted by atomic mass is 9.86. The van der Waals surface area contributed by atoms with Crippen LogP contribution in [-0.4, -0.2) is 15.0 Å². The van der Waals surface area contributed by atoms with Gasteiger partial charge in [-0.05, 0) is 43.4 Å². The average molecular weight is 346 g/mol. The smallest absolute Gasteiger partial charge is 0.363 e. The van der Waals surface area contributed by atoms with E-state index in [-0.39, 0.29) is 11.7 Å². The van der Waals surface area contributed by atoms with E-state index in [1.807, 2.05) is 0 Å². The van der Waals surface area contributed by atoms with E-state index in [9.17, 15) is 13.2 Å². The molecule has 1 atom stereocenters. The predicted octanol–water partition coefficient (Wildman–Crippen LogP) is 4.77. The fourth-order valence-electron chi connectivity index (χ4n) is 3.47. The SMILES string of the molecule is Cc1ccc2c(c1)CCCC2Nc1ncnc2[nH]c(C(F)(F)F)cc12. The molecule has 2 N–H and O–H groups in total. The Hall–Kier alpha value is -2.57. The number of rotatable bonds is 2. The summed E-state index contributed by atoms with van der Waals surface area (Å²) in [7, 11) is 0. The summed E-state index contributed by atoms with van der Waals surface area (Å²) in [6, 6.07) is 7.43. The second kappa shape index (κ2) is 5.75. The Morgan fingerprint density at radius 1 is 1.20 bits per heavy atom. The van der Waals surface area contributed by atoms with Gasteiger partial charge in [0.2, 0.25) is 0 Å². The average Bonchev–Trinajstić information content (AvgIpc) is 3.00. The van der Waals surface area contributed by atoms with E-state index in [1.54, 1.807) is 0 Å². The summed E-state index contributed by atoms with van der Waals surface area (Å²) in [5.74, 6) is 0.426. The van der Waals surface area contributed by atoms with Crippen LogP contribution in [0.2, 0.25) is 0 Å². The molecule has 0 saturated carbocycles. The molecule has 1 aliphatic rings. The normalized spacial score (nSPS) is 17.5. The van der Waals surface area contributed by atoms with Gasteiger partial charge >= 0.3 is 6.18 Å². The van der Waals surface area contributed by atoms with Gasteiger partial charge in [0.25, 0.3) is 0 Å². The fraction of sp³-hybridized carbons (Fsp3) is 0.333. The molecule has 1 unspecified atom stereocenters. The van der Waals surface area contributed by atoms with Gasteiger partial charge in [0.15, 0.2) is 0 Å². The molecular formula is C18H17F3N4. The minimum Gasteiger partial charge on any atom is -0.363 e. The number of halogens is 3. The van der Waals surface area contributed by atoms with E-state index in [1.165, 1.54) is 23.0 Å². The van der Waals surface area contributed by atoms with Crippen molar-refractivity contribution >= 4 is 16.9 Å². The molecule has 4 rings (SSSR count). The van der Waals surface area contributed by atoms with Gasteiger partial charge < -0.3 is 10.3 Å². The third kappa shape index (κ3) is 2.94.